The van der Waals surface area contributed by atoms with Crippen molar-refractivity contribution >= 4 is 16.1 Å². The van der Waals surface area contributed by atoms with Crippen molar-refractivity contribution in [1.82, 2.24) is 4.09 Å². The Morgan fingerprint density at radius 1 is 1.18 bits per heavy atom. The van der Waals surface area contributed by atoms with Crippen LogP contribution in [0.2, 0.25) is 0 Å². The average Bonchev–Trinajstić information content (AvgIpc) is 2.31. The summed E-state index contributed by atoms with van der Waals surface area (Å²) in [5.41, 5.74) is 0.708. The highest BCUT2D eigenvalue weighted by molar-refractivity contribution is 9.07. The van der Waals surface area contributed by atoms with Crippen LogP contribution in [0.15, 0.2) is 30.3 Å². The van der Waals surface area contributed by atoms with Crippen LogP contribution in [0, 0.1) is 0 Å². The van der Waals surface area contributed by atoms with E-state index in [0.717, 1.165) is 6.42 Å². The summed E-state index contributed by atoms with van der Waals surface area (Å²) in [6, 6.07) is 10.2. The van der Waals surface area contributed by atoms with Crippen LogP contribution in [-0.2, 0) is 16.0 Å². The first-order valence-corrected chi connectivity index (χ1v) is 6.60. The van der Waals surface area contributed by atoms with Gasteiger partial charge in [0.25, 0.3) is 0 Å². The van der Waals surface area contributed by atoms with Crippen LogP contribution in [0.4, 0.5) is 0 Å². The lowest BCUT2D eigenvalue weighted by Crippen LogP contribution is -2.44. The zero-order valence-electron chi connectivity index (χ0n) is 10.6. The first-order chi connectivity index (χ1) is 8.12. The molecule has 96 valence electrons. The molecule has 0 aliphatic rings. The Morgan fingerprint density at radius 3 is 2.35 bits per heavy atom. The molecule has 0 aliphatic heterocycles. The van der Waals surface area contributed by atoms with Gasteiger partial charge >= 0.3 is 0 Å². The first-order valence-electron chi connectivity index (χ1n) is 5.89. The largest absolute Gasteiger partial charge is 0.358 e. The molecular weight excluding hydrogens is 282 g/mol. The Hall–Kier alpha value is -0.420. The summed E-state index contributed by atoms with van der Waals surface area (Å²) in [6.07, 6.45) is 0.757. The van der Waals surface area contributed by atoms with E-state index in [0.29, 0.717) is 13.2 Å². The van der Waals surface area contributed by atoms with Crippen LogP contribution < -0.4 is 0 Å². The molecule has 0 saturated heterocycles. The molecule has 0 amide bonds. The SMILES string of the molecule is CCON(Br)C(C)(Cc1ccccc1)OCC. The van der Waals surface area contributed by atoms with Crippen molar-refractivity contribution in [1.29, 1.82) is 0 Å². The maximum Gasteiger partial charge on any atom is 0.156 e. The van der Waals surface area contributed by atoms with Gasteiger partial charge in [-0.2, -0.15) is 0 Å². The molecular formula is C13H20BrNO2. The Labute approximate surface area is 112 Å². The molecule has 0 aliphatic carbocycles. The van der Waals surface area contributed by atoms with Crippen molar-refractivity contribution in [2.45, 2.75) is 32.9 Å². The van der Waals surface area contributed by atoms with Gasteiger partial charge in [0, 0.05) is 29.2 Å². The topological polar surface area (TPSA) is 21.7 Å². The van der Waals surface area contributed by atoms with E-state index in [1.165, 1.54) is 5.56 Å². The molecule has 1 unspecified atom stereocenters. The Bertz CT molecular complexity index is 320. The maximum absolute atomic E-state index is 5.80. The molecule has 17 heavy (non-hydrogen) atoms. The third-order valence-electron chi connectivity index (χ3n) is 2.44. The lowest BCUT2D eigenvalue weighted by Gasteiger charge is -2.35. The maximum atomic E-state index is 5.80. The number of ether oxygens (including phenoxy) is 1. The molecule has 1 aromatic rings. The Kier molecular flexibility index (Phi) is 6.12. The fourth-order valence-electron chi connectivity index (χ4n) is 1.70. The minimum absolute atomic E-state index is 0.508. The van der Waals surface area contributed by atoms with Crippen molar-refractivity contribution in [2.75, 3.05) is 13.2 Å². The van der Waals surface area contributed by atoms with E-state index in [1.807, 2.05) is 39.0 Å². The fourth-order valence-corrected chi connectivity index (χ4v) is 2.13. The second-order valence-electron chi connectivity index (χ2n) is 3.93. The van der Waals surface area contributed by atoms with Gasteiger partial charge in [-0.05, 0) is 26.3 Å². The van der Waals surface area contributed by atoms with Gasteiger partial charge in [-0.15, -0.1) is 0 Å². The molecule has 0 aromatic heterocycles. The van der Waals surface area contributed by atoms with Gasteiger partial charge in [-0.1, -0.05) is 34.4 Å². The molecule has 0 saturated carbocycles. The second kappa shape index (κ2) is 7.11. The molecule has 1 rings (SSSR count). The summed E-state index contributed by atoms with van der Waals surface area (Å²) >= 11 is 3.41. The van der Waals surface area contributed by atoms with E-state index in [2.05, 4.69) is 28.3 Å². The normalized spacial score (nSPS) is 14.9. The molecule has 1 aromatic carbocycles. The van der Waals surface area contributed by atoms with Crippen molar-refractivity contribution < 1.29 is 9.57 Å². The summed E-state index contributed by atoms with van der Waals surface area (Å²) in [4.78, 5) is 5.46. The molecule has 0 radical (unpaired) electrons. The van der Waals surface area contributed by atoms with Gasteiger partial charge in [0.1, 0.15) is 0 Å². The number of benzene rings is 1. The highest BCUT2D eigenvalue weighted by Crippen LogP contribution is 2.26. The van der Waals surface area contributed by atoms with Gasteiger partial charge in [-0.25, -0.2) is 0 Å². The van der Waals surface area contributed by atoms with Crippen LogP contribution in [0.5, 0.6) is 0 Å². The van der Waals surface area contributed by atoms with E-state index in [-0.39, 0.29) is 0 Å². The monoisotopic (exact) mass is 301 g/mol. The average molecular weight is 302 g/mol. The van der Waals surface area contributed by atoms with E-state index in [4.69, 9.17) is 9.57 Å². The molecule has 0 heterocycles. The predicted octanol–water partition coefficient (Wildman–Crippen LogP) is 3.55. The third-order valence-corrected chi connectivity index (χ3v) is 3.40. The highest BCUT2D eigenvalue weighted by Gasteiger charge is 2.32. The lowest BCUT2D eigenvalue weighted by molar-refractivity contribution is -0.232. The molecule has 0 fully saturated rings. The minimum atomic E-state index is -0.508. The number of nitrogens with zero attached hydrogens (tertiary/aromatic N) is 1. The summed E-state index contributed by atoms with van der Waals surface area (Å²) in [7, 11) is 0. The number of hydrogen-bond donors (Lipinski definition) is 0. The molecule has 0 N–H and O–H groups in total. The van der Waals surface area contributed by atoms with Crippen molar-refractivity contribution in [3.05, 3.63) is 35.9 Å². The van der Waals surface area contributed by atoms with Crippen molar-refractivity contribution in [3.63, 3.8) is 0 Å². The van der Waals surface area contributed by atoms with E-state index in [9.17, 15) is 0 Å². The Morgan fingerprint density at radius 2 is 1.82 bits per heavy atom. The predicted molar refractivity (Wildman–Crippen MR) is 72.6 cm³/mol. The van der Waals surface area contributed by atoms with Gasteiger partial charge in [-0.3, -0.25) is 4.84 Å². The zero-order chi connectivity index (χ0) is 12.7. The van der Waals surface area contributed by atoms with Crippen LogP contribution in [0.3, 0.4) is 0 Å². The van der Waals surface area contributed by atoms with Crippen LogP contribution in [0.25, 0.3) is 0 Å². The number of halogens is 1. The Balaban J connectivity index is 2.77. The standard InChI is InChI=1S/C13H20BrNO2/c1-4-16-13(3,15(14)17-5-2)11-12-9-7-6-8-10-12/h6-10H,4-5,11H2,1-3H3. The molecule has 3 nitrogen and oxygen atoms in total. The summed E-state index contributed by atoms with van der Waals surface area (Å²) in [6.45, 7) is 7.17. The molecule has 0 bridgehead atoms. The third kappa shape index (κ3) is 4.39. The molecule has 0 spiro atoms. The van der Waals surface area contributed by atoms with Crippen LogP contribution in [-0.4, -0.2) is 23.0 Å². The zero-order valence-corrected chi connectivity index (χ0v) is 12.2. The minimum Gasteiger partial charge on any atom is -0.358 e. The van der Waals surface area contributed by atoms with E-state index in [1.54, 1.807) is 4.09 Å². The quantitative estimate of drug-likeness (QED) is 0.437. The van der Waals surface area contributed by atoms with Crippen molar-refractivity contribution in [2.24, 2.45) is 0 Å². The molecule has 1 atom stereocenters. The summed E-state index contributed by atoms with van der Waals surface area (Å²) in [5, 5.41) is 0. The number of hydrogen-bond acceptors (Lipinski definition) is 3. The summed E-state index contributed by atoms with van der Waals surface area (Å²) < 4.78 is 7.42. The fraction of sp³-hybridized carbons (Fsp3) is 0.538. The van der Waals surface area contributed by atoms with Crippen LogP contribution in [0.1, 0.15) is 26.3 Å². The van der Waals surface area contributed by atoms with Gasteiger partial charge in [0.2, 0.25) is 0 Å². The smallest absolute Gasteiger partial charge is 0.156 e. The second-order valence-corrected chi connectivity index (χ2v) is 4.58. The highest BCUT2D eigenvalue weighted by atomic mass is 79.9. The van der Waals surface area contributed by atoms with E-state index >= 15 is 0 Å². The number of rotatable bonds is 7. The first kappa shape index (κ1) is 14.6. The van der Waals surface area contributed by atoms with E-state index < -0.39 is 5.72 Å². The lowest BCUT2D eigenvalue weighted by atomic mass is 10.0. The van der Waals surface area contributed by atoms with Crippen LogP contribution >= 0.6 is 16.1 Å². The summed E-state index contributed by atoms with van der Waals surface area (Å²) in [5.74, 6) is 0. The van der Waals surface area contributed by atoms with Gasteiger partial charge in [0.15, 0.2) is 5.72 Å². The van der Waals surface area contributed by atoms with Gasteiger partial charge in [0.05, 0.1) is 6.61 Å². The number of hydroxylamine groups is 1. The van der Waals surface area contributed by atoms with Crippen molar-refractivity contribution in [3.8, 4) is 0 Å². The van der Waals surface area contributed by atoms with Gasteiger partial charge < -0.3 is 4.74 Å². The molecule has 4 heteroatoms.